The quantitative estimate of drug-likeness (QED) is 0.728. The van der Waals surface area contributed by atoms with Crippen molar-refractivity contribution in [1.29, 1.82) is 5.26 Å². The molecular weight excluding hydrogens is 244 g/mol. The van der Waals surface area contributed by atoms with Gasteiger partial charge < -0.3 is 11.1 Å². The number of nitrogen functional groups attached to an aromatic ring is 1. The number of aromatic nitrogens is 2. The van der Waals surface area contributed by atoms with Crippen molar-refractivity contribution in [2.45, 2.75) is 18.9 Å². The highest BCUT2D eigenvalue weighted by Crippen LogP contribution is 2.21. The molecule has 1 fully saturated rings. The highest BCUT2D eigenvalue weighted by Gasteiger charge is 2.22. The van der Waals surface area contributed by atoms with Crippen LogP contribution in [0.25, 0.3) is 0 Å². The first-order valence-corrected chi connectivity index (χ1v) is 6.35. The van der Waals surface area contributed by atoms with Crippen LogP contribution in [0.1, 0.15) is 18.9 Å². The number of nitrogens with zero attached hydrogens (tertiary/aromatic N) is 4. The molecule has 0 spiro atoms. The van der Waals surface area contributed by atoms with Crippen LogP contribution in [0.2, 0.25) is 0 Å². The van der Waals surface area contributed by atoms with Gasteiger partial charge in [-0.1, -0.05) is 0 Å². The van der Waals surface area contributed by atoms with Gasteiger partial charge in [0, 0.05) is 19.3 Å². The molecule has 7 heteroatoms. The summed E-state index contributed by atoms with van der Waals surface area (Å²) in [5, 5.41) is 15.2. The van der Waals surface area contributed by atoms with Crippen molar-refractivity contribution in [3.63, 3.8) is 0 Å². The molecule has 0 saturated carbocycles. The average molecular weight is 262 g/mol. The summed E-state index contributed by atoms with van der Waals surface area (Å²) >= 11 is 0. The Morgan fingerprint density at radius 2 is 2.32 bits per heavy atom. The SMILES string of the molecule is N#CCNC(=O)CN1CCC(n2ccc(N)n2)CC1. The molecule has 1 aliphatic heterocycles. The molecule has 1 amide bonds. The Bertz CT molecular complexity index is 469. The summed E-state index contributed by atoms with van der Waals surface area (Å²) in [5.74, 6) is 0.446. The number of carbonyl (C=O) groups excluding carboxylic acids is 1. The van der Waals surface area contributed by atoms with E-state index in [4.69, 9.17) is 11.0 Å². The maximum absolute atomic E-state index is 11.5. The number of nitriles is 1. The third-order valence-electron chi connectivity index (χ3n) is 3.29. The van der Waals surface area contributed by atoms with Crippen LogP contribution in [0.15, 0.2) is 12.3 Å². The zero-order chi connectivity index (χ0) is 13.7. The largest absolute Gasteiger partial charge is 0.382 e. The minimum atomic E-state index is -0.0941. The van der Waals surface area contributed by atoms with Crippen molar-refractivity contribution in [1.82, 2.24) is 20.0 Å². The van der Waals surface area contributed by atoms with E-state index in [1.807, 2.05) is 16.9 Å². The molecule has 1 saturated heterocycles. The van der Waals surface area contributed by atoms with Gasteiger partial charge in [0.25, 0.3) is 0 Å². The first-order valence-electron chi connectivity index (χ1n) is 6.35. The second kappa shape index (κ2) is 6.20. The molecule has 2 rings (SSSR count). The van der Waals surface area contributed by atoms with Crippen LogP contribution in [0.5, 0.6) is 0 Å². The number of hydrogen-bond acceptors (Lipinski definition) is 5. The van der Waals surface area contributed by atoms with E-state index in [-0.39, 0.29) is 12.5 Å². The minimum Gasteiger partial charge on any atom is -0.382 e. The standard InChI is InChI=1S/C12H18N6O/c13-4-5-15-12(19)9-17-6-1-10(2-7-17)18-8-3-11(14)16-18/h3,8,10H,1-2,5-7,9H2,(H2,14,16)(H,15,19). The molecule has 102 valence electrons. The van der Waals surface area contributed by atoms with E-state index in [1.54, 1.807) is 6.07 Å². The van der Waals surface area contributed by atoms with Crippen LogP contribution in [0.4, 0.5) is 5.82 Å². The van der Waals surface area contributed by atoms with Crippen LogP contribution < -0.4 is 11.1 Å². The smallest absolute Gasteiger partial charge is 0.235 e. The summed E-state index contributed by atoms with van der Waals surface area (Å²) in [6.45, 7) is 2.13. The van der Waals surface area contributed by atoms with Gasteiger partial charge in [0.05, 0.1) is 18.7 Å². The molecule has 7 nitrogen and oxygen atoms in total. The number of anilines is 1. The van der Waals surface area contributed by atoms with Crippen molar-refractivity contribution in [3.05, 3.63) is 12.3 Å². The first kappa shape index (κ1) is 13.4. The average Bonchev–Trinajstić information content (AvgIpc) is 2.84. The molecule has 3 N–H and O–H groups in total. The fraction of sp³-hybridized carbons (Fsp3) is 0.583. The van der Waals surface area contributed by atoms with E-state index in [0.29, 0.717) is 18.4 Å². The number of hydrogen-bond donors (Lipinski definition) is 2. The third kappa shape index (κ3) is 3.69. The monoisotopic (exact) mass is 262 g/mol. The number of piperidine rings is 1. The molecule has 1 aliphatic rings. The van der Waals surface area contributed by atoms with E-state index in [2.05, 4.69) is 15.3 Å². The minimum absolute atomic E-state index is 0.0713. The van der Waals surface area contributed by atoms with Gasteiger partial charge in [-0.05, 0) is 18.9 Å². The number of nitrogens with two attached hydrogens (primary N) is 1. The Hall–Kier alpha value is -2.07. The lowest BCUT2D eigenvalue weighted by Gasteiger charge is -2.31. The molecule has 2 heterocycles. The molecule has 0 aromatic carbocycles. The predicted molar refractivity (Wildman–Crippen MR) is 70.0 cm³/mol. The number of rotatable bonds is 4. The Balaban J connectivity index is 1.76. The van der Waals surface area contributed by atoms with Crippen LogP contribution in [0.3, 0.4) is 0 Å². The molecule has 0 aliphatic carbocycles. The van der Waals surface area contributed by atoms with Crippen LogP contribution in [-0.2, 0) is 4.79 Å². The maximum atomic E-state index is 11.5. The highest BCUT2D eigenvalue weighted by molar-refractivity contribution is 5.78. The molecule has 0 unspecified atom stereocenters. The fourth-order valence-electron chi connectivity index (χ4n) is 2.30. The maximum Gasteiger partial charge on any atom is 0.235 e. The van der Waals surface area contributed by atoms with E-state index in [0.717, 1.165) is 25.9 Å². The lowest BCUT2D eigenvalue weighted by Crippen LogP contribution is -2.42. The Kier molecular flexibility index (Phi) is 4.36. The van der Waals surface area contributed by atoms with Gasteiger partial charge in [0.1, 0.15) is 12.4 Å². The predicted octanol–water partition coefficient (Wildman–Crippen LogP) is -0.258. The topological polar surface area (TPSA) is 100.0 Å². The van der Waals surface area contributed by atoms with Crippen LogP contribution in [0, 0.1) is 11.3 Å². The second-order valence-electron chi connectivity index (χ2n) is 4.66. The Labute approximate surface area is 112 Å². The van der Waals surface area contributed by atoms with Gasteiger partial charge >= 0.3 is 0 Å². The van der Waals surface area contributed by atoms with Gasteiger partial charge in [-0.15, -0.1) is 0 Å². The molecule has 1 aromatic rings. The number of carbonyl (C=O) groups is 1. The zero-order valence-electron chi connectivity index (χ0n) is 10.7. The second-order valence-corrected chi connectivity index (χ2v) is 4.66. The van der Waals surface area contributed by atoms with Crippen molar-refractivity contribution >= 4 is 11.7 Å². The van der Waals surface area contributed by atoms with Gasteiger partial charge in [-0.3, -0.25) is 14.4 Å². The third-order valence-corrected chi connectivity index (χ3v) is 3.29. The lowest BCUT2D eigenvalue weighted by atomic mass is 10.1. The first-order chi connectivity index (χ1) is 9.19. The van der Waals surface area contributed by atoms with Crippen molar-refractivity contribution < 1.29 is 4.79 Å². The number of amides is 1. The summed E-state index contributed by atoms with van der Waals surface area (Å²) in [6, 6.07) is 4.04. The van der Waals surface area contributed by atoms with Gasteiger partial charge in [-0.2, -0.15) is 10.4 Å². The summed E-state index contributed by atoms with van der Waals surface area (Å²) in [4.78, 5) is 13.6. The Morgan fingerprint density at radius 3 is 2.89 bits per heavy atom. The summed E-state index contributed by atoms with van der Waals surface area (Å²) in [6.07, 6.45) is 3.80. The molecule has 1 aromatic heterocycles. The molecule has 19 heavy (non-hydrogen) atoms. The van der Waals surface area contributed by atoms with Gasteiger partial charge in [-0.25, -0.2) is 0 Å². The van der Waals surface area contributed by atoms with Crippen molar-refractivity contribution in [2.24, 2.45) is 0 Å². The van der Waals surface area contributed by atoms with E-state index < -0.39 is 0 Å². The van der Waals surface area contributed by atoms with Crippen LogP contribution >= 0.6 is 0 Å². The molecular formula is C12H18N6O. The van der Waals surface area contributed by atoms with Gasteiger partial charge in [0.15, 0.2) is 0 Å². The lowest BCUT2D eigenvalue weighted by molar-refractivity contribution is -0.122. The van der Waals surface area contributed by atoms with Gasteiger partial charge in [0.2, 0.25) is 5.91 Å². The van der Waals surface area contributed by atoms with Crippen molar-refractivity contribution in [3.8, 4) is 6.07 Å². The fourth-order valence-corrected chi connectivity index (χ4v) is 2.30. The summed E-state index contributed by atoms with van der Waals surface area (Å²) in [7, 11) is 0. The Morgan fingerprint density at radius 1 is 1.58 bits per heavy atom. The highest BCUT2D eigenvalue weighted by atomic mass is 16.2. The normalized spacial score (nSPS) is 17.0. The zero-order valence-corrected chi connectivity index (χ0v) is 10.7. The number of likely N-dealkylation sites (tertiary alicyclic amines) is 1. The molecule has 0 atom stereocenters. The summed E-state index contributed by atoms with van der Waals surface area (Å²) in [5.41, 5.74) is 5.60. The van der Waals surface area contributed by atoms with Crippen LogP contribution in [-0.4, -0.2) is 46.8 Å². The molecule has 0 bridgehead atoms. The van der Waals surface area contributed by atoms with E-state index in [9.17, 15) is 4.79 Å². The summed E-state index contributed by atoms with van der Waals surface area (Å²) < 4.78 is 1.91. The van der Waals surface area contributed by atoms with E-state index in [1.165, 1.54) is 0 Å². The number of nitrogens with one attached hydrogen (secondary N) is 1. The molecule has 0 radical (unpaired) electrons. The van der Waals surface area contributed by atoms with E-state index >= 15 is 0 Å². The van der Waals surface area contributed by atoms with Crippen molar-refractivity contribution in [2.75, 3.05) is 31.9 Å².